The van der Waals surface area contributed by atoms with Gasteiger partial charge in [-0.15, -0.1) is 10.2 Å². The van der Waals surface area contributed by atoms with Gasteiger partial charge in [-0.05, 0) is 18.8 Å². The summed E-state index contributed by atoms with van der Waals surface area (Å²) in [6.07, 6.45) is 1.61. The zero-order chi connectivity index (χ0) is 15.4. The van der Waals surface area contributed by atoms with Crippen LogP contribution in [0.1, 0.15) is 57.3 Å². The van der Waals surface area contributed by atoms with Gasteiger partial charge in [0, 0.05) is 11.3 Å². The summed E-state index contributed by atoms with van der Waals surface area (Å²) in [7, 11) is 0. The fraction of sp³-hybridized carbons (Fsp3) is 0.714. The minimum atomic E-state index is -0.716. The lowest BCUT2D eigenvalue weighted by Gasteiger charge is -2.14. The highest BCUT2D eigenvalue weighted by Gasteiger charge is 2.40. The number of hydrogen-bond donors (Lipinski definition) is 1. The van der Waals surface area contributed by atoms with Gasteiger partial charge in [0.15, 0.2) is 5.82 Å². The molecule has 2 aromatic rings. The third-order valence-electron chi connectivity index (χ3n) is 4.11. The molecule has 3 rings (SSSR count). The first-order valence-electron chi connectivity index (χ1n) is 7.23. The Morgan fingerprint density at radius 1 is 1.33 bits per heavy atom. The molecule has 0 amide bonds. The fourth-order valence-corrected chi connectivity index (χ4v) is 4.10. The maximum Gasteiger partial charge on any atom is 0.307 e. The highest BCUT2D eigenvalue weighted by Crippen LogP contribution is 2.44. The average Bonchev–Trinajstić information content (AvgIpc) is 2.97. The molecule has 0 aromatic carbocycles. The molecule has 7 heteroatoms. The Hall–Kier alpha value is -1.50. The molecule has 114 valence electrons. The molecule has 0 radical (unpaired) electrons. The van der Waals surface area contributed by atoms with Crippen LogP contribution in [0.4, 0.5) is 0 Å². The van der Waals surface area contributed by atoms with E-state index in [9.17, 15) is 9.90 Å². The van der Waals surface area contributed by atoms with Crippen LogP contribution in [-0.4, -0.2) is 30.9 Å². The van der Waals surface area contributed by atoms with Crippen LogP contribution in [0, 0.1) is 11.8 Å². The van der Waals surface area contributed by atoms with E-state index in [0.717, 1.165) is 28.6 Å². The Balaban J connectivity index is 2.02. The van der Waals surface area contributed by atoms with Crippen LogP contribution in [0.25, 0.3) is 4.96 Å². The minimum absolute atomic E-state index is 0.00276. The van der Waals surface area contributed by atoms with Crippen molar-refractivity contribution < 1.29 is 9.90 Å². The van der Waals surface area contributed by atoms with Crippen LogP contribution >= 0.6 is 11.3 Å². The molecule has 3 atom stereocenters. The topological polar surface area (TPSA) is 80.4 Å². The Kier molecular flexibility index (Phi) is 3.27. The van der Waals surface area contributed by atoms with Gasteiger partial charge in [-0.25, -0.2) is 0 Å². The molecule has 0 bridgehead atoms. The van der Waals surface area contributed by atoms with Gasteiger partial charge in [0.05, 0.1) is 5.92 Å². The number of carbonyl (C=O) groups is 1. The first kappa shape index (κ1) is 14.4. The smallest absolute Gasteiger partial charge is 0.307 e. The number of carboxylic acid groups (broad SMARTS) is 1. The number of hydrogen-bond acceptors (Lipinski definition) is 5. The minimum Gasteiger partial charge on any atom is -0.481 e. The van der Waals surface area contributed by atoms with Crippen molar-refractivity contribution >= 4 is 22.3 Å². The third-order valence-corrected chi connectivity index (χ3v) is 5.14. The lowest BCUT2D eigenvalue weighted by Crippen LogP contribution is -2.18. The van der Waals surface area contributed by atoms with E-state index in [4.69, 9.17) is 0 Å². The maximum absolute atomic E-state index is 11.5. The summed E-state index contributed by atoms with van der Waals surface area (Å²) < 4.78 is 1.78. The summed E-state index contributed by atoms with van der Waals surface area (Å²) in [5.41, 5.74) is -0.139. The van der Waals surface area contributed by atoms with Gasteiger partial charge in [-0.3, -0.25) is 4.79 Å². The maximum atomic E-state index is 11.5. The number of nitrogens with zero attached hydrogens (tertiary/aromatic N) is 4. The zero-order valence-electron chi connectivity index (χ0n) is 12.7. The highest BCUT2D eigenvalue weighted by atomic mass is 32.1. The predicted octanol–water partition coefficient (Wildman–Crippen LogP) is 2.70. The van der Waals surface area contributed by atoms with Crippen molar-refractivity contribution in [3.8, 4) is 0 Å². The van der Waals surface area contributed by atoms with Gasteiger partial charge in [-0.1, -0.05) is 39.0 Å². The number of rotatable bonds is 2. The Labute approximate surface area is 127 Å². The van der Waals surface area contributed by atoms with Crippen molar-refractivity contribution in [2.24, 2.45) is 11.8 Å². The zero-order valence-corrected chi connectivity index (χ0v) is 13.5. The molecule has 0 aliphatic heterocycles. The quantitative estimate of drug-likeness (QED) is 0.922. The third kappa shape index (κ3) is 2.43. The summed E-state index contributed by atoms with van der Waals surface area (Å²) in [5.74, 6) is 0.190. The van der Waals surface area contributed by atoms with E-state index in [2.05, 4.69) is 43.0 Å². The molecular formula is C14H20N4O2S. The Morgan fingerprint density at radius 3 is 2.67 bits per heavy atom. The molecule has 1 aliphatic carbocycles. The molecule has 3 unspecified atom stereocenters. The summed E-state index contributed by atoms with van der Waals surface area (Å²) in [6, 6.07) is 0. The van der Waals surface area contributed by atoms with E-state index in [1.165, 1.54) is 11.3 Å². The summed E-state index contributed by atoms with van der Waals surface area (Å²) in [5, 5.41) is 23.3. The number of aliphatic carboxylic acids is 1. The van der Waals surface area contributed by atoms with Gasteiger partial charge in [0.25, 0.3) is 0 Å². The van der Waals surface area contributed by atoms with E-state index in [0.29, 0.717) is 5.92 Å². The van der Waals surface area contributed by atoms with E-state index in [-0.39, 0.29) is 17.3 Å². The molecule has 2 heterocycles. The molecular weight excluding hydrogens is 288 g/mol. The van der Waals surface area contributed by atoms with Gasteiger partial charge in [0.1, 0.15) is 5.01 Å². The molecule has 6 nitrogen and oxygen atoms in total. The number of aromatic nitrogens is 4. The monoisotopic (exact) mass is 308 g/mol. The summed E-state index contributed by atoms with van der Waals surface area (Å²) in [4.78, 5) is 12.2. The average molecular weight is 308 g/mol. The lowest BCUT2D eigenvalue weighted by atomic mass is 9.96. The van der Waals surface area contributed by atoms with Crippen molar-refractivity contribution in [3.63, 3.8) is 0 Å². The SMILES string of the molecule is CC1CC(C(=O)O)C(c2nn3c(C(C)(C)C)nnc3s2)C1. The van der Waals surface area contributed by atoms with Crippen LogP contribution < -0.4 is 0 Å². The van der Waals surface area contributed by atoms with Gasteiger partial charge in [-0.2, -0.15) is 9.61 Å². The summed E-state index contributed by atoms with van der Waals surface area (Å²) >= 11 is 1.47. The second kappa shape index (κ2) is 4.76. The molecule has 1 fully saturated rings. The lowest BCUT2D eigenvalue weighted by molar-refractivity contribution is -0.142. The van der Waals surface area contributed by atoms with Crippen molar-refractivity contribution in [1.29, 1.82) is 0 Å². The predicted molar refractivity (Wildman–Crippen MR) is 79.6 cm³/mol. The van der Waals surface area contributed by atoms with Crippen molar-refractivity contribution in [1.82, 2.24) is 19.8 Å². The molecule has 0 spiro atoms. The second-order valence-electron chi connectivity index (χ2n) is 7.04. The fourth-order valence-electron chi connectivity index (χ4n) is 3.09. The van der Waals surface area contributed by atoms with Crippen LogP contribution in [-0.2, 0) is 10.2 Å². The van der Waals surface area contributed by atoms with Gasteiger partial charge < -0.3 is 5.11 Å². The van der Waals surface area contributed by atoms with E-state index < -0.39 is 5.97 Å². The molecule has 2 aromatic heterocycles. The van der Waals surface area contributed by atoms with E-state index >= 15 is 0 Å². The molecule has 0 saturated heterocycles. The Morgan fingerprint density at radius 2 is 2.05 bits per heavy atom. The first-order chi connectivity index (χ1) is 9.77. The molecule has 1 aliphatic rings. The van der Waals surface area contributed by atoms with Gasteiger partial charge in [0.2, 0.25) is 4.96 Å². The van der Waals surface area contributed by atoms with Crippen LogP contribution in [0.15, 0.2) is 0 Å². The standard InChI is InChI=1S/C14H20N4O2S/c1-7-5-8(9(6-7)11(19)20)10-17-18-12(14(2,3)4)15-16-13(18)21-10/h7-9H,5-6H2,1-4H3,(H,19,20). The largest absolute Gasteiger partial charge is 0.481 e. The molecule has 1 N–H and O–H groups in total. The second-order valence-corrected chi connectivity index (χ2v) is 8.02. The first-order valence-corrected chi connectivity index (χ1v) is 8.04. The number of carboxylic acids is 1. The van der Waals surface area contributed by atoms with Crippen molar-refractivity contribution in [2.75, 3.05) is 0 Å². The number of fused-ring (bicyclic) bond motifs is 1. The van der Waals surface area contributed by atoms with Crippen LogP contribution in [0.5, 0.6) is 0 Å². The normalized spacial score (nSPS) is 26.6. The molecule has 21 heavy (non-hydrogen) atoms. The Bertz CT molecular complexity index is 685. The van der Waals surface area contributed by atoms with Crippen molar-refractivity contribution in [2.45, 2.75) is 51.9 Å². The molecule has 1 saturated carbocycles. The van der Waals surface area contributed by atoms with Crippen LogP contribution in [0.3, 0.4) is 0 Å². The summed E-state index contributed by atoms with van der Waals surface area (Å²) in [6.45, 7) is 8.32. The van der Waals surface area contributed by atoms with E-state index in [1.54, 1.807) is 4.52 Å². The van der Waals surface area contributed by atoms with E-state index in [1.807, 2.05) is 0 Å². The van der Waals surface area contributed by atoms with Crippen molar-refractivity contribution in [3.05, 3.63) is 10.8 Å². The highest BCUT2D eigenvalue weighted by molar-refractivity contribution is 7.16. The van der Waals surface area contributed by atoms with Gasteiger partial charge >= 0.3 is 5.97 Å². The van der Waals surface area contributed by atoms with Crippen LogP contribution in [0.2, 0.25) is 0 Å².